The fourth-order valence-corrected chi connectivity index (χ4v) is 0. The van der Waals surface area contributed by atoms with Crippen LogP contribution in [0.4, 0.5) is 0 Å². The Kier molecular flexibility index (Phi) is 3.05. The Morgan fingerprint density at radius 3 is 1.50 bits per heavy atom. The van der Waals surface area contributed by atoms with Crippen molar-refractivity contribution in [2.24, 2.45) is 0 Å². The highest BCUT2D eigenvalue weighted by Gasteiger charge is 2.08. The largest absolute Gasteiger partial charge is 0.354 e. The smallest absolute Gasteiger partial charge is 0.171 e. The Morgan fingerprint density at radius 2 is 1.50 bits per heavy atom. The summed E-state index contributed by atoms with van der Waals surface area (Å²) >= 11 is 10.8. The van der Waals surface area contributed by atoms with Gasteiger partial charge in [-0.3, -0.25) is 0 Å². The minimum absolute atomic E-state index is 0.204. The molecule has 0 rings (SSSR count). The molecule has 36 valence electrons. The van der Waals surface area contributed by atoms with E-state index >= 15 is 0 Å². The Balaban J connectivity index is 2.99. The van der Waals surface area contributed by atoms with Crippen molar-refractivity contribution < 1.29 is 0 Å². The molecular formula is C3H7BCl2. The molecule has 0 fully saturated rings. The molecule has 0 aliphatic rings. The fraction of sp³-hybridized carbons (Fsp3) is 1.00. The molecule has 0 unspecified atom stereocenters. The van der Waals surface area contributed by atoms with Gasteiger partial charge in [-0.1, -0.05) is 13.8 Å². The van der Waals surface area contributed by atoms with Gasteiger partial charge in [-0.15, -0.1) is 0 Å². The highest BCUT2D eigenvalue weighted by Crippen LogP contribution is 2.13. The molecule has 0 saturated heterocycles. The third-order valence-corrected chi connectivity index (χ3v) is 1.51. The molecule has 0 bridgehead atoms. The monoisotopic (exact) mass is 124 g/mol. The Hall–Kier alpha value is 0.645. The average Bonchev–Trinajstić information content (AvgIpc) is 1.36. The van der Waals surface area contributed by atoms with E-state index in [0.29, 0.717) is 5.82 Å². The van der Waals surface area contributed by atoms with E-state index in [2.05, 4.69) is 0 Å². The summed E-state index contributed by atoms with van der Waals surface area (Å²) < 4.78 is 0. The third kappa shape index (κ3) is 2.86. The summed E-state index contributed by atoms with van der Waals surface area (Å²) in [6.07, 6.45) is 0. The summed E-state index contributed by atoms with van der Waals surface area (Å²) in [4.78, 5) is 0. The van der Waals surface area contributed by atoms with Gasteiger partial charge >= 0.3 is 5.54 Å². The first-order chi connectivity index (χ1) is 2.64. The number of rotatable bonds is 1. The predicted molar refractivity (Wildman–Crippen MR) is 32.6 cm³/mol. The summed E-state index contributed by atoms with van der Waals surface area (Å²) in [6, 6.07) is 0. The van der Waals surface area contributed by atoms with Crippen LogP contribution in [0.15, 0.2) is 0 Å². The molecule has 0 N–H and O–H groups in total. The van der Waals surface area contributed by atoms with E-state index in [1.807, 2.05) is 13.8 Å². The summed E-state index contributed by atoms with van der Waals surface area (Å²) in [5.74, 6) is 0.383. The van der Waals surface area contributed by atoms with E-state index < -0.39 is 0 Å². The van der Waals surface area contributed by atoms with Gasteiger partial charge in [0.1, 0.15) is 0 Å². The lowest BCUT2D eigenvalue weighted by Crippen LogP contribution is -1.96. The minimum atomic E-state index is -0.204. The van der Waals surface area contributed by atoms with Crippen molar-refractivity contribution in [3.8, 4) is 0 Å². The summed E-state index contributed by atoms with van der Waals surface area (Å²) in [7, 11) is 0. The molecule has 0 amide bonds. The maximum atomic E-state index is 5.38. The molecule has 0 spiro atoms. The van der Waals surface area contributed by atoms with Crippen molar-refractivity contribution in [3.63, 3.8) is 0 Å². The van der Waals surface area contributed by atoms with Gasteiger partial charge in [0.2, 0.25) is 0 Å². The predicted octanol–water partition coefficient (Wildman–Crippen LogP) is 2.36. The zero-order valence-corrected chi connectivity index (χ0v) is 5.42. The summed E-state index contributed by atoms with van der Waals surface area (Å²) in [5.41, 5.74) is -0.204. The van der Waals surface area contributed by atoms with E-state index in [1.54, 1.807) is 0 Å². The second-order valence-electron chi connectivity index (χ2n) is 1.58. The first-order valence-corrected chi connectivity index (χ1v) is 2.80. The van der Waals surface area contributed by atoms with E-state index in [9.17, 15) is 0 Å². The first-order valence-electron chi connectivity index (χ1n) is 1.92. The lowest BCUT2D eigenvalue weighted by atomic mass is 9.89. The van der Waals surface area contributed by atoms with Crippen molar-refractivity contribution in [2.45, 2.75) is 19.7 Å². The van der Waals surface area contributed by atoms with Crippen LogP contribution in [-0.2, 0) is 0 Å². The Morgan fingerprint density at radius 1 is 1.33 bits per heavy atom. The highest BCUT2D eigenvalue weighted by molar-refractivity contribution is 7.34. The van der Waals surface area contributed by atoms with Gasteiger partial charge in [0.15, 0.2) is 0 Å². The molecular weight excluding hydrogens is 118 g/mol. The molecule has 0 nitrogen and oxygen atoms in total. The van der Waals surface area contributed by atoms with Crippen molar-refractivity contribution in [3.05, 3.63) is 0 Å². The number of hydrogen-bond acceptors (Lipinski definition) is 0. The second-order valence-corrected chi connectivity index (χ2v) is 2.74. The molecule has 3 heteroatoms. The summed E-state index contributed by atoms with van der Waals surface area (Å²) in [5, 5.41) is 0. The lowest BCUT2D eigenvalue weighted by Gasteiger charge is -1.95. The highest BCUT2D eigenvalue weighted by atomic mass is 35.5. The zero-order valence-electron chi connectivity index (χ0n) is 3.91. The fourth-order valence-electron chi connectivity index (χ4n) is 0. The van der Waals surface area contributed by atoms with Gasteiger partial charge in [0, 0.05) is 0 Å². The third-order valence-electron chi connectivity index (χ3n) is 0.504. The van der Waals surface area contributed by atoms with E-state index in [-0.39, 0.29) is 5.54 Å². The maximum Gasteiger partial charge on any atom is 0.354 e. The Bertz CT molecular complexity index is 29.8. The summed E-state index contributed by atoms with van der Waals surface area (Å²) in [6.45, 7) is 3.95. The van der Waals surface area contributed by atoms with Gasteiger partial charge in [-0.05, 0) is 5.82 Å². The molecule has 0 aromatic rings. The van der Waals surface area contributed by atoms with Crippen LogP contribution in [0.1, 0.15) is 13.8 Å². The number of hydrogen-bond donors (Lipinski definition) is 0. The van der Waals surface area contributed by atoms with Gasteiger partial charge in [-0.2, -0.15) is 22.9 Å². The van der Waals surface area contributed by atoms with E-state index in [4.69, 9.17) is 22.9 Å². The molecule has 0 aliphatic heterocycles. The minimum Gasteiger partial charge on any atom is -0.171 e. The van der Waals surface area contributed by atoms with Crippen molar-refractivity contribution in [1.29, 1.82) is 0 Å². The van der Waals surface area contributed by atoms with E-state index in [1.165, 1.54) is 0 Å². The van der Waals surface area contributed by atoms with Crippen LogP contribution in [0.3, 0.4) is 0 Å². The van der Waals surface area contributed by atoms with Crippen LogP contribution in [-0.4, -0.2) is 5.54 Å². The van der Waals surface area contributed by atoms with Crippen molar-refractivity contribution in [2.75, 3.05) is 0 Å². The molecule has 6 heavy (non-hydrogen) atoms. The average molecular weight is 125 g/mol. The quantitative estimate of drug-likeness (QED) is 0.471. The first kappa shape index (κ1) is 6.64. The van der Waals surface area contributed by atoms with Gasteiger partial charge < -0.3 is 0 Å². The molecule has 0 saturated carbocycles. The normalized spacial score (nSPS) is 9.50. The molecule has 0 aliphatic carbocycles. The molecule has 0 radical (unpaired) electrons. The number of halogens is 2. The second kappa shape index (κ2) is 2.76. The van der Waals surface area contributed by atoms with Crippen LogP contribution in [0.25, 0.3) is 0 Å². The Labute approximate surface area is 48.7 Å². The molecule has 0 heterocycles. The van der Waals surface area contributed by atoms with Gasteiger partial charge in [-0.25, -0.2) is 0 Å². The molecule has 0 aromatic heterocycles. The lowest BCUT2D eigenvalue weighted by molar-refractivity contribution is 1.07. The molecule has 0 atom stereocenters. The van der Waals surface area contributed by atoms with Crippen LogP contribution in [0, 0.1) is 0 Å². The van der Waals surface area contributed by atoms with Crippen LogP contribution < -0.4 is 0 Å². The van der Waals surface area contributed by atoms with Crippen LogP contribution in [0.5, 0.6) is 0 Å². The van der Waals surface area contributed by atoms with Crippen LogP contribution in [0.2, 0.25) is 5.82 Å². The SMILES string of the molecule is CC(C)B(Cl)Cl. The molecule has 0 aromatic carbocycles. The van der Waals surface area contributed by atoms with Gasteiger partial charge in [0.05, 0.1) is 0 Å². The van der Waals surface area contributed by atoms with Gasteiger partial charge in [0.25, 0.3) is 0 Å². The zero-order chi connectivity index (χ0) is 5.15. The maximum absolute atomic E-state index is 5.38. The van der Waals surface area contributed by atoms with Crippen molar-refractivity contribution in [1.82, 2.24) is 0 Å². The topological polar surface area (TPSA) is 0 Å². The standard InChI is InChI=1S/C3H7BCl2/c1-3(2)4(5)6/h3H,1-2H3. The van der Waals surface area contributed by atoms with Crippen LogP contribution >= 0.6 is 22.9 Å². The van der Waals surface area contributed by atoms with E-state index in [0.717, 1.165) is 0 Å². The van der Waals surface area contributed by atoms with Crippen molar-refractivity contribution >= 4 is 28.5 Å².